The highest BCUT2D eigenvalue weighted by Gasteiger charge is 2.52. The van der Waals surface area contributed by atoms with Gasteiger partial charge in [-0.1, -0.05) is 29.8 Å². The molecule has 4 rings (SSSR count). The Morgan fingerprint density at radius 1 is 1.07 bits per heavy atom. The summed E-state index contributed by atoms with van der Waals surface area (Å²) in [6.07, 6.45) is 1.05. The van der Waals surface area contributed by atoms with Crippen molar-refractivity contribution in [3.63, 3.8) is 0 Å². The van der Waals surface area contributed by atoms with Crippen LogP contribution in [0.15, 0.2) is 24.3 Å². The number of carbonyl (C=O) groups excluding carboxylic acids is 3. The van der Waals surface area contributed by atoms with E-state index in [1.54, 1.807) is 0 Å². The van der Waals surface area contributed by atoms with Gasteiger partial charge in [-0.3, -0.25) is 19.4 Å². The monoisotopic (exact) mass is 400 g/mol. The van der Waals surface area contributed by atoms with Gasteiger partial charge in [-0.2, -0.15) is 0 Å². The van der Waals surface area contributed by atoms with E-state index >= 15 is 0 Å². The molecule has 0 aliphatic carbocycles. The van der Waals surface area contributed by atoms with E-state index in [0.717, 1.165) is 11.1 Å². The van der Waals surface area contributed by atoms with Crippen LogP contribution in [0.25, 0.3) is 0 Å². The summed E-state index contributed by atoms with van der Waals surface area (Å²) in [6, 6.07) is 7.52. The van der Waals surface area contributed by atoms with Gasteiger partial charge >= 0.3 is 6.03 Å². The van der Waals surface area contributed by atoms with Crippen molar-refractivity contribution >= 4 is 17.8 Å². The molecule has 3 heterocycles. The molecule has 3 aliphatic heterocycles. The van der Waals surface area contributed by atoms with Crippen LogP contribution in [0, 0.1) is 6.92 Å². The number of amides is 4. The number of ether oxygens (including phenoxy) is 1. The van der Waals surface area contributed by atoms with Gasteiger partial charge in [0, 0.05) is 26.2 Å². The fraction of sp³-hybridized carbons (Fsp3) is 0.571. The predicted molar refractivity (Wildman–Crippen MR) is 106 cm³/mol. The molecule has 0 aromatic heterocycles. The summed E-state index contributed by atoms with van der Waals surface area (Å²) < 4.78 is 5.29. The molecule has 8 heteroatoms. The molecule has 4 amide bonds. The fourth-order valence-corrected chi connectivity index (χ4v) is 4.23. The molecule has 156 valence electrons. The van der Waals surface area contributed by atoms with E-state index in [-0.39, 0.29) is 24.4 Å². The minimum absolute atomic E-state index is 0.104. The maximum absolute atomic E-state index is 13.1. The Balaban J connectivity index is 1.34. The lowest BCUT2D eigenvalue weighted by Crippen LogP contribution is -2.56. The topological polar surface area (TPSA) is 82.2 Å². The summed E-state index contributed by atoms with van der Waals surface area (Å²) >= 11 is 0. The first kappa shape index (κ1) is 19.8. The highest BCUT2D eigenvalue weighted by Crippen LogP contribution is 2.30. The maximum Gasteiger partial charge on any atom is 0.325 e. The average molecular weight is 400 g/mol. The Morgan fingerprint density at radius 3 is 2.38 bits per heavy atom. The Hall–Kier alpha value is -2.45. The number of hydrogen-bond acceptors (Lipinski definition) is 5. The first-order chi connectivity index (χ1) is 14.0. The van der Waals surface area contributed by atoms with E-state index in [1.165, 1.54) is 4.90 Å². The summed E-state index contributed by atoms with van der Waals surface area (Å²) in [5.41, 5.74) is 1.24. The molecular formula is C21H28N4O4. The molecule has 1 aromatic rings. The lowest BCUT2D eigenvalue weighted by Gasteiger charge is -2.38. The molecular weight excluding hydrogens is 372 g/mol. The first-order valence-electron chi connectivity index (χ1n) is 10.2. The summed E-state index contributed by atoms with van der Waals surface area (Å²) in [6.45, 7) is 6.32. The number of benzene rings is 1. The first-order valence-corrected chi connectivity index (χ1v) is 10.2. The number of imide groups is 1. The van der Waals surface area contributed by atoms with Gasteiger partial charge in [0.25, 0.3) is 5.91 Å². The zero-order valence-electron chi connectivity index (χ0n) is 16.9. The number of rotatable bonds is 4. The van der Waals surface area contributed by atoms with Gasteiger partial charge in [-0.25, -0.2) is 4.79 Å². The normalized spacial score (nSPS) is 22.2. The second-order valence-electron chi connectivity index (χ2n) is 8.16. The van der Waals surface area contributed by atoms with E-state index in [0.29, 0.717) is 58.8 Å². The molecule has 3 fully saturated rings. The number of nitrogens with one attached hydrogen (secondary N) is 1. The quantitative estimate of drug-likeness (QED) is 0.754. The number of urea groups is 1. The largest absolute Gasteiger partial charge is 0.378 e. The zero-order valence-corrected chi connectivity index (χ0v) is 16.9. The van der Waals surface area contributed by atoms with E-state index in [1.807, 2.05) is 36.1 Å². The van der Waals surface area contributed by atoms with Crippen LogP contribution in [-0.2, 0) is 20.9 Å². The van der Waals surface area contributed by atoms with Crippen LogP contribution in [0.3, 0.4) is 0 Å². The maximum atomic E-state index is 13.1. The van der Waals surface area contributed by atoms with Crippen LogP contribution in [0.1, 0.15) is 24.0 Å². The lowest BCUT2D eigenvalue weighted by molar-refractivity contribution is -0.137. The van der Waals surface area contributed by atoms with E-state index in [2.05, 4.69) is 10.2 Å². The summed E-state index contributed by atoms with van der Waals surface area (Å²) in [5.74, 6) is -0.0470. The van der Waals surface area contributed by atoms with Crippen LogP contribution >= 0.6 is 0 Å². The molecule has 0 bridgehead atoms. The van der Waals surface area contributed by atoms with Gasteiger partial charge < -0.3 is 15.0 Å². The number of carbonyl (C=O) groups is 3. The molecule has 0 unspecified atom stereocenters. The molecule has 1 spiro atoms. The van der Waals surface area contributed by atoms with Crippen molar-refractivity contribution < 1.29 is 19.1 Å². The van der Waals surface area contributed by atoms with Crippen molar-refractivity contribution in [2.75, 3.05) is 45.9 Å². The third kappa shape index (κ3) is 4.13. The van der Waals surface area contributed by atoms with Crippen LogP contribution in [0.5, 0.6) is 0 Å². The van der Waals surface area contributed by atoms with Crippen LogP contribution in [0.2, 0.25) is 0 Å². The van der Waals surface area contributed by atoms with Gasteiger partial charge in [0.05, 0.1) is 26.3 Å². The number of hydrogen-bond donors (Lipinski definition) is 1. The van der Waals surface area contributed by atoms with Crippen LogP contribution < -0.4 is 5.32 Å². The van der Waals surface area contributed by atoms with E-state index in [4.69, 9.17) is 4.74 Å². The Kier molecular flexibility index (Phi) is 5.56. The highest BCUT2D eigenvalue weighted by atomic mass is 16.5. The van der Waals surface area contributed by atoms with Crippen LogP contribution in [0.4, 0.5) is 4.79 Å². The van der Waals surface area contributed by atoms with Gasteiger partial charge in [-0.15, -0.1) is 0 Å². The number of nitrogens with zero attached hydrogens (tertiary/aromatic N) is 3. The van der Waals surface area contributed by atoms with E-state index < -0.39 is 5.54 Å². The minimum Gasteiger partial charge on any atom is -0.378 e. The molecule has 0 atom stereocenters. The van der Waals surface area contributed by atoms with Crippen LogP contribution in [-0.4, -0.2) is 84.0 Å². The van der Waals surface area contributed by atoms with Crippen molar-refractivity contribution in [3.05, 3.63) is 35.4 Å². The molecule has 1 N–H and O–H groups in total. The second-order valence-corrected chi connectivity index (χ2v) is 8.16. The smallest absolute Gasteiger partial charge is 0.325 e. The summed E-state index contributed by atoms with van der Waals surface area (Å²) in [5, 5.41) is 2.94. The van der Waals surface area contributed by atoms with Gasteiger partial charge in [0.2, 0.25) is 5.91 Å². The molecule has 0 saturated carbocycles. The zero-order chi connectivity index (χ0) is 20.4. The van der Waals surface area contributed by atoms with Gasteiger partial charge in [-0.05, 0) is 25.3 Å². The Morgan fingerprint density at radius 2 is 1.72 bits per heavy atom. The number of morpholine rings is 1. The molecule has 0 radical (unpaired) electrons. The Bertz CT molecular complexity index is 780. The van der Waals surface area contributed by atoms with Gasteiger partial charge in [0.15, 0.2) is 0 Å². The molecule has 3 aliphatic rings. The van der Waals surface area contributed by atoms with Crippen molar-refractivity contribution in [1.82, 2.24) is 20.0 Å². The number of aryl methyl sites for hydroxylation is 1. The van der Waals surface area contributed by atoms with Crippen molar-refractivity contribution in [2.45, 2.75) is 31.8 Å². The van der Waals surface area contributed by atoms with Crippen molar-refractivity contribution in [3.8, 4) is 0 Å². The summed E-state index contributed by atoms with van der Waals surface area (Å²) in [4.78, 5) is 43.3. The standard InChI is InChI=1S/C21H28N4O4/c1-16-2-4-17(5-3-16)14-25-19(27)21(22-20(25)28)6-8-23(9-7-21)15-18(26)24-10-12-29-13-11-24/h2-5H,6-15H2,1H3,(H,22,28). The molecule has 29 heavy (non-hydrogen) atoms. The highest BCUT2D eigenvalue weighted by molar-refractivity contribution is 6.07. The molecule has 3 saturated heterocycles. The summed E-state index contributed by atoms with van der Waals surface area (Å²) in [7, 11) is 0. The van der Waals surface area contributed by atoms with Crippen molar-refractivity contribution in [1.29, 1.82) is 0 Å². The van der Waals surface area contributed by atoms with Crippen molar-refractivity contribution in [2.24, 2.45) is 0 Å². The van der Waals surface area contributed by atoms with Gasteiger partial charge in [0.1, 0.15) is 5.54 Å². The lowest BCUT2D eigenvalue weighted by atomic mass is 9.87. The third-order valence-corrected chi connectivity index (χ3v) is 6.14. The average Bonchev–Trinajstić information content (AvgIpc) is 2.96. The molecule has 1 aromatic carbocycles. The SMILES string of the molecule is Cc1ccc(CN2C(=O)NC3(CCN(CC(=O)N4CCOCC4)CC3)C2=O)cc1. The Labute approximate surface area is 170 Å². The molecule has 8 nitrogen and oxygen atoms in total. The van der Waals surface area contributed by atoms with E-state index in [9.17, 15) is 14.4 Å². The minimum atomic E-state index is -0.833. The predicted octanol–water partition coefficient (Wildman–Crippen LogP) is 0.740. The number of likely N-dealkylation sites (tertiary alicyclic amines) is 1. The second kappa shape index (κ2) is 8.12. The fourth-order valence-electron chi connectivity index (χ4n) is 4.23. The third-order valence-electron chi connectivity index (χ3n) is 6.14. The number of piperidine rings is 1.